The minimum atomic E-state index is -0.411. The molecule has 136 valence electrons. The first-order chi connectivity index (χ1) is 12.6. The van der Waals surface area contributed by atoms with E-state index in [4.69, 9.17) is 9.68 Å². The molecule has 1 aromatic heterocycles. The summed E-state index contributed by atoms with van der Waals surface area (Å²) >= 11 is 0. The molecular formula is C20H23N3O3. The number of hydrogen-bond donors (Lipinski definition) is 2. The van der Waals surface area contributed by atoms with Crippen LogP contribution in [0.25, 0.3) is 0 Å². The fourth-order valence-electron chi connectivity index (χ4n) is 3.34. The summed E-state index contributed by atoms with van der Waals surface area (Å²) in [7, 11) is 0. The summed E-state index contributed by atoms with van der Waals surface area (Å²) in [6, 6.07) is 10.4. The second-order valence-electron chi connectivity index (χ2n) is 6.58. The Morgan fingerprint density at radius 1 is 1.35 bits per heavy atom. The zero-order valence-electron chi connectivity index (χ0n) is 14.9. The predicted octanol–water partition coefficient (Wildman–Crippen LogP) is 3.52. The number of nitrogens with zero attached hydrogens (tertiary/aromatic N) is 2. The first-order valence-electron chi connectivity index (χ1n) is 8.94. The first kappa shape index (κ1) is 18.0. The minimum absolute atomic E-state index is 0.0894. The van der Waals surface area contributed by atoms with Gasteiger partial charge in [-0.15, -0.1) is 0 Å². The first-order valence-corrected chi connectivity index (χ1v) is 8.94. The molecule has 0 aliphatic carbocycles. The van der Waals surface area contributed by atoms with Crippen molar-refractivity contribution < 1.29 is 14.3 Å². The SMILES string of the molecule is CCC1CCN(c2ccc(CO)cc2NC(=O)c2ccc(C#N)o2)CC1. The van der Waals surface area contributed by atoms with E-state index in [0.717, 1.165) is 43.1 Å². The van der Waals surface area contributed by atoms with E-state index in [9.17, 15) is 9.90 Å². The van der Waals surface area contributed by atoms with Gasteiger partial charge in [0.25, 0.3) is 5.91 Å². The lowest BCUT2D eigenvalue weighted by molar-refractivity contribution is 0.0996. The topological polar surface area (TPSA) is 89.5 Å². The smallest absolute Gasteiger partial charge is 0.291 e. The molecule has 6 nitrogen and oxygen atoms in total. The quantitative estimate of drug-likeness (QED) is 0.858. The number of nitriles is 1. The molecule has 0 radical (unpaired) electrons. The predicted molar refractivity (Wildman–Crippen MR) is 99.0 cm³/mol. The third-order valence-electron chi connectivity index (χ3n) is 4.96. The standard InChI is InChI=1S/C20H23N3O3/c1-2-14-7-9-23(10-8-14)18-5-3-15(13-24)11-17(18)22-20(25)19-6-4-16(12-21)26-19/h3-6,11,14,24H,2,7-10,13H2,1H3,(H,22,25). The van der Waals surface area contributed by atoms with Crippen LogP contribution in [0.4, 0.5) is 11.4 Å². The summed E-state index contributed by atoms with van der Waals surface area (Å²) in [6.07, 6.45) is 3.46. The minimum Gasteiger partial charge on any atom is -0.440 e. The van der Waals surface area contributed by atoms with Gasteiger partial charge in [0.2, 0.25) is 5.76 Å². The van der Waals surface area contributed by atoms with Gasteiger partial charge in [0.1, 0.15) is 6.07 Å². The molecule has 1 amide bonds. The Labute approximate surface area is 153 Å². The van der Waals surface area contributed by atoms with Crippen molar-refractivity contribution in [2.45, 2.75) is 32.8 Å². The van der Waals surface area contributed by atoms with Crippen molar-refractivity contribution in [3.63, 3.8) is 0 Å². The number of benzene rings is 1. The number of carbonyl (C=O) groups is 1. The molecule has 0 atom stereocenters. The van der Waals surface area contributed by atoms with Crippen LogP contribution in [-0.4, -0.2) is 24.1 Å². The second-order valence-corrected chi connectivity index (χ2v) is 6.58. The largest absolute Gasteiger partial charge is 0.440 e. The van der Waals surface area contributed by atoms with Crippen LogP contribution in [0.2, 0.25) is 0 Å². The summed E-state index contributed by atoms with van der Waals surface area (Å²) in [6.45, 7) is 4.01. The van der Waals surface area contributed by atoms with E-state index in [0.29, 0.717) is 5.69 Å². The zero-order chi connectivity index (χ0) is 18.5. The Morgan fingerprint density at radius 3 is 2.73 bits per heavy atom. The fourth-order valence-corrected chi connectivity index (χ4v) is 3.34. The lowest BCUT2D eigenvalue weighted by atomic mass is 9.94. The van der Waals surface area contributed by atoms with Gasteiger partial charge in [-0.05, 0) is 48.6 Å². The van der Waals surface area contributed by atoms with Crippen molar-refractivity contribution in [2.24, 2.45) is 5.92 Å². The molecule has 1 aliphatic rings. The van der Waals surface area contributed by atoms with E-state index in [1.165, 1.54) is 18.6 Å². The highest BCUT2D eigenvalue weighted by Gasteiger charge is 2.21. The monoisotopic (exact) mass is 353 g/mol. The number of furan rings is 1. The number of carbonyl (C=O) groups excluding carboxylic acids is 1. The molecule has 0 spiro atoms. The fraction of sp³-hybridized carbons (Fsp3) is 0.400. The maximum absolute atomic E-state index is 12.5. The number of aliphatic hydroxyl groups excluding tert-OH is 1. The van der Waals surface area contributed by atoms with Crippen LogP contribution in [0.15, 0.2) is 34.7 Å². The van der Waals surface area contributed by atoms with Gasteiger partial charge in [0, 0.05) is 13.1 Å². The zero-order valence-corrected chi connectivity index (χ0v) is 14.9. The molecule has 1 saturated heterocycles. The van der Waals surface area contributed by atoms with Gasteiger partial charge < -0.3 is 19.7 Å². The molecule has 3 rings (SSSR count). The molecular weight excluding hydrogens is 330 g/mol. The number of aliphatic hydroxyl groups is 1. The van der Waals surface area contributed by atoms with E-state index in [2.05, 4.69) is 17.1 Å². The molecule has 6 heteroatoms. The number of hydrogen-bond acceptors (Lipinski definition) is 5. The molecule has 2 N–H and O–H groups in total. The van der Waals surface area contributed by atoms with Crippen LogP contribution in [0.5, 0.6) is 0 Å². The van der Waals surface area contributed by atoms with Crippen LogP contribution in [0.3, 0.4) is 0 Å². The Bertz CT molecular complexity index is 814. The van der Waals surface area contributed by atoms with Crippen molar-refractivity contribution in [3.05, 3.63) is 47.4 Å². The number of amides is 1. The van der Waals surface area contributed by atoms with Crippen molar-refractivity contribution >= 4 is 17.3 Å². The Kier molecular flexibility index (Phi) is 5.59. The molecule has 1 aromatic carbocycles. The highest BCUT2D eigenvalue weighted by atomic mass is 16.3. The van der Waals surface area contributed by atoms with E-state index in [1.54, 1.807) is 6.07 Å². The van der Waals surface area contributed by atoms with Crippen molar-refractivity contribution in [2.75, 3.05) is 23.3 Å². The molecule has 1 aliphatic heterocycles. The molecule has 26 heavy (non-hydrogen) atoms. The van der Waals surface area contributed by atoms with Crippen LogP contribution in [0, 0.1) is 17.2 Å². The Balaban J connectivity index is 1.82. The van der Waals surface area contributed by atoms with Gasteiger partial charge in [-0.1, -0.05) is 19.4 Å². The maximum Gasteiger partial charge on any atom is 0.291 e. The van der Waals surface area contributed by atoms with E-state index in [1.807, 2.05) is 18.2 Å². The molecule has 2 heterocycles. The highest BCUT2D eigenvalue weighted by molar-refractivity contribution is 6.04. The highest BCUT2D eigenvalue weighted by Crippen LogP contribution is 2.32. The third-order valence-corrected chi connectivity index (χ3v) is 4.96. The summed E-state index contributed by atoms with van der Waals surface area (Å²) in [4.78, 5) is 14.8. The van der Waals surface area contributed by atoms with Crippen LogP contribution in [0.1, 0.15) is 48.1 Å². The number of nitrogens with one attached hydrogen (secondary N) is 1. The van der Waals surface area contributed by atoms with Gasteiger partial charge in [-0.25, -0.2) is 0 Å². The molecule has 1 fully saturated rings. The maximum atomic E-state index is 12.5. The van der Waals surface area contributed by atoms with E-state index >= 15 is 0 Å². The third kappa shape index (κ3) is 3.89. The molecule has 0 saturated carbocycles. The van der Waals surface area contributed by atoms with Crippen molar-refractivity contribution in [3.8, 4) is 6.07 Å². The summed E-state index contributed by atoms with van der Waals surface area (Å²) in [5.74, 6) is 0.535. The average molecular weight is 353 g/mol. The number of rotatable bonds is 5. The molecule has 0 unspecified atom stereocenters. The van der Waals surface area contributed by atoms with Crippen LogP contribution in [-0.2, 0) is 6.61 Å². The van der Waals surface area contributed by atoms with Gasteiger partial charge >= 0.3 is 0 Å². The normalized spacial score (nSPS) is 14.9. The lowest BCUT2D eigenvalue weighted by Gasteiger charge is -2.34. The van der Waals surface area contributed by atoms with Gasteiger partial charge in [-0.3, -0.25) is 4.79 Å². The van der Waals surface area contributed by atoms with Crippen LogP contribution < -0.4 is 10.2 Å². The van der Waals surface area contributed by atoms with Gasteiger partial charge in [-0.2, -0.15) is 5.26 Å². The van der Waals surface area contributed by atoms with Crippen molar-refractivity contribution in [1.82, 2.24) is 0 Å². The van der Waals surface area contributed by atoms with Crippen LogP contribution >= 0.6 is 0 Å². The average Bonchev–Trinajstić information content (AvgIpc) is 3.17. The van der Waals surface area contributed by atoms with E-state index in [-0.39, 0.29) is 18.1 Å². The van der Waals surface area contributed by atoms with Gasteiger partial charge in [0.15, 0.2) is 5.76 Å². The summed E-state index contributed by atoms with van der Waals surface area (Å²) in [5.41, 5.74) is 2.31. The number of anilines is 2. The Hall–Kier alpha value is -2.78. The lowest BCUT2D eigenvalue weighted by Crippen LogP contribution is -2.34. The summed E-state index contributed by atoms with van der Waals surface area (Å²) < 4.78 is 5.20. The summed E-state index contributed by atoms with van der Waals surface area (Å²) in [5, 5.41) is 21.1. The number of piperidine rings is 1. The molecule has 2 aromatic rings. The van der Waals surface area contributed by atoms with Crippen molar-refractivity contribution in [1.29, 1.82) is 5.26 Å². The van der Waals surface area contributed by atoms with Gasteiger partial charge in [0.05, 0.1) is 18.0 Å². The van der Waals surface area contributed by atoms with E-state index < -0.39 is 5.91 Å². The molecule has 0 bridgehead atoms. The Morgan fingerprint density at radius 2 is 2.12 bits per heavy atom. The second kappa shape index (κ2) is 8.07.